The predicted molar refractivity (Wildman–Crippen MR) is 154 cm³/mol. The molecular formula is C27H33ClN8OS2. The van der Waals surface area contributed by atoms with Crippen molar-refractivity contribution < 1.29 is 4.79 Å². The highest BCUT2D eigenvalue weighted by molar-refractivity contribution is 7.97. The van der Waals surface area contributed by atoms with E-state index in [-0.39, 0.29) is 5.54 Å². The zero-order chi connectivity index (χ0) is 27.2. The Balaban J connectivity index is 0.000000410. The second kappa shape index (κ2) is 10.7. The van der Waals surface area contributed by atoms with Gasteiger partial charge in [-0.1, -0.05) is 22.9 Å². The highest BCUT2D eigenvalue weighted by Gasteiger charge is 2.48. The molecule has 39 heavy (non-hydrogen) atoms. The fraction of sp³-hybridized carbons (Fsp3) is 0.593. The molecule has 0 spiro atoms. The number of hydrogen-bond acceptors (Lipinski definition) is 10. The highest BCUT2D eigenvalue weighted by atomic mass is 35.5. The lowest BCUT2D eigenvalue weighted by atomic mass is 9.89. The lowest BCUT2D eigenvalue weighted by Gasteiger charge is -2.30. The summed E-state index contributed by atoms with van der Waals surface area (Å²) in [5.41, 5.74) is 2.02. The minimum atomic E-state index is -0.448. The number of carbonyl (C=O) groups excluding carboxylic acids is 1. The van der Waals surface area contributed by atoms with E-state index in [1.165, 1.54) is 29.7 Å². The molecule has 0 atom stereocenters. The standard InChI is InChI=1S/C23H26ClN7S2.C4H7NO/c1-22(5-6-22)29-33-15-11-16(14-3-9-30(2)10-4-14)17-18(24)26-19(31(17)12-15)20-27-28-21(32-20)23(13-25)7-8-23;6-3-4-1-5-2-4/h11-12,14,29H,3-10H2,1-2H3;3-5H,1-2H2. The summed E-state index contributed by atoms with van der Waals surface area (Å²) >= 11 is 9.93. The van der Waals surface area contributed by atoms with E-state index in [1.807, 2.05) is 0 Å². The summed E-state index contributed by atoms with van der Waals surface area (Å²) < 4.78 is 5.74. The zero-order valence-corrected chi connectivity index (χ0v) is 24.6. The molecule has 2 saturated heterocycles. The van der Waals surface area contributed by atoms with Gasteiger partial charge in [0.15, 0.2) is 16.0 Å². The molecule has 3 aromatic heterocycles. The summed E-state index contributed by atoms with van der Waals surface area (Å²) in [6.45, 7) is 6.22. The number of imidazole rings is 1. The molecule has 12 heteroatoms. The average Bonchev–Trinajstić information content (AvgIpc) is 3.78. The Bertz CT molecular complexity index is 1410. The van der Waals surface area contributed by atoms with E-state index < -0.39 is 5.41 Å². The second-order valence-corrected chi connectivity index (χ2v) is 13.8. The van der Waals surface area contributed by atoms with Gasteiger partial charge >= 0.3 is 0 Å². The highest BCUT2D eigenvalue weighted by Crippen LogP contribution is 2.49. The topological polar surface area (TPSA) is 111 Å². The number of hydrogen-bond donors (Lipinski definition) is 2. The van der Waals surface area contributed by atoms with Crippen LogP contribution in [0.15, 0.2) is 17.2 Å². The maximum absolute atomic E-state index is 9.75. The summed E-state index contributed by atoms with van der Waals surface area (Å²) in [5.74, 6) is 1.48. The van der Waals surface area contributed by atoms with Crippen LogP contribution in [0.3, 0.4) is 0 Å². The monoisotopic (exact) mass is 584 g/mol. The van der Waals surface area contributed by atoms with Crippen molar-refractivity contribution >= 4 is 46.7 Å². The average molecular weight is 585 g/mol. The van der Waals surface area contributed by atoms with E-state index in [1.54, 1.807) is 11.9 Å². The van der Waals surface area contributed by atoms with Crippen molar-refractivity contribution in [3.05, 3.63) is 28.0 Å². The Labute approximate surface area is 241 Å². The first-order valence-corrected chi connectivity index (χ1v) is 15.6. The number of nitriles is 1. The maximum Gasteiger partial charge on any atom is 0.184 e. The molecule has 2 aliphatic heterocycles. The second-order valence-electron chi connectivity index (χ2n) is 11.6. The van der Waals surface area contributed by atoms with Crippen LogP contribution in [-0.2, 0) is 10.2 Å². The van der Waals surface area contributed by atoms with Gasteiger partial charge in [0.1, 0.15) is 16.7 Å². The van der Waals surface area contributed by atoms with Gasteiger partial charge < -0.3 is 15.0 Å². The molecule has 0 bridgehead atoms. The molecule has 2 saturated carbocycles. The number of halogens is 1. The van der Waals surface area contributed by atoms with Crippen LogP contribution in [0.1, 0.15) is 61.9 Å². The molecule has 0 unspecified atom stereocenters. The van der Waals surface area contributed by atoms with Gasteiger partial charge in [0.25, 0.3) is 0 Å². The van der Waals surface area contributed by atoms with Gasteiger partial charge in [-0.3, -0.25) is 9.12 Å². The van der Waals surface area contributed by atoms with Gasteiger partial charge in [0, 0.05) is 35.6 Å². The van der Waals surface area contributed by atoms with E-state index in [9.17, 15) is 10.1 Å². The fourth-order valence-electron chi connectivity index (χ4n) is 4.90. The van der Waals surface area contributed by atoms with E-state index in [0.717, 1.165) is 73.6 Å². The summed E-state index contributed by atoms with van der Waals surface area (Å²) in [6.07, 6.45) is 9.45. The van der Waals surface area contributed by atoms with Crippen molar-refractivity contribution in [1.29, 1.82) is 5.26 Å². The minimum Gasteiger partial charge on any atom is -0.315 e. The third kappa shape index (κ3) is 5.60. The lowest BCUT2D eigenvalue weighted by molar-refractivity contribution is -0.112. The van der Waals surface area contributed by atoms with Crippen molar-refractivity contribution in [2.75, 3.05) is 33.2 Å². The number of aldehydes is 1. The van der Waals surface area contributed by atoms with E-state index in [0.29, 0.717) is 27.8 Å². The number of rotatable bonds is 7. The van der Waals surface area contributed by atoms with Crippen LogP contribution >= 0.6 is 34.9 Å². The summed E-state index contributed by atoms with van der Waals surface area (Å²) in [6, 6.07) is 4.71. The van der Waals surface area contributed by atoms with Crippen LogP contribution in [0.4, 0.5) is 0 Å². The Morgan fingerprint density at radius 3 is 2.56 bits per heavy atom. The van der Waals surface area contributed by atoms with Gasteiger partial charge in [-0.2, -0.15) is 5.26 Å². The molecule has 0 amide bonds. The number of fused-ring (bicyclic) bond motifs is 1. The molecule has 9 nitrogen and oxygen atoms in total. The van der Waals surface area contributed by atoms with Gasteiger partial charge in [-0.05, 0) is 95.1 Å². The van der Waals surface area contributed by atoms with Crippen molar-refractivity contribution in [3.63, 3.8) is 0 Å². The molecule has 4 fully saturated rings. The van der Waals surface area contributed by atoms with Gasteiger partial charge in [-0.15, -0.1) is 10.2 Å². The Kier molecular flexibility index (Phi) is 7.46. The first-order chi connectivity index (χ1) is 18.8. The van der Waals surface area contributed by atoms with Crippen LogP contribution in [0.25, 0.3) is 16.3 Å². The number of carbonyl (C=O) groups is 1. The van der Waals surface area contributed by atoms with E-state index in [2.05, 4.69) is 61.8 Å². The molecule has 5 heterocycles. The van der Waals surface area contributed by atoms with Gasteiger partial charge in [0.05, 0.1) is 11.6 Å². The molecule has 3 aromatic rings. The van der Waals surface area contributed by atoms with Gasteiger partial charge in [-0.25, -0.2) is 4.98 Å². The van der Waals surface area contributed by atoms with Crippen LogP contribution in [-0.4, -0.2) is 69.5 Å². The van der Waals surface area contributed by atoms with Crippen molar-refractivity contribution in [2.24, 2.45) is 5.92 Å². The first-order valence-electron chi connectivity index (χ1n) is 13.6. The number of aromatic nitrogens is 4. The Morgan fingerprint density at radius 1 is 1.26 bits per heavy atom. The molecule has 4 aliphatic rings. The summed E-state index contributed by atoms with van der Waals surface area (Å²) in [5, 5.41) is 23.3. The zero-order valence-electron chi connectivity index (χ0n) is 22.2. The minimum absolute atomic E-state index is 0.229. The summed E-state index contributed by atoms with van der Waals surface area (Å²) in [7, 11) is 2.18. The molecule has 0 aromatic carbocycles. The number of nitrogens with zero attached hydrogens (tertiary/aromatic N) is 6. The smallest absolute Gasteiger partial charge is 0.184 e. The SMILES string of the molecule is CN1CCC(c2cc(SNC3(C)CC3)cn3c(-c4nnc(C5(C#N)CC5)s4)nc(Cl)c23)CC1.O=CC1CNC1. The van der Waals surface area contributed by atoms with Crippen molar-refractivity contribution in [3.8, 4) is 16.9 Å². The van der Waals surface area contributed by atoms with Crippen LogP contribution in [0.5, 0.6) is 0 Å². The number of pyridine rings is 1. The molecule has 7 rings (SSSR count). The Morgan fingerprint density at radius 2 is 2.00 bits per heavy atom. The van der Waals surface area contributed by atoms with Crippen LogP contribution in [0.2, 0.25) is 5.15 Å². The molecular weight excluding hydrogens is 552 g/mol. The maximum atomic E-state index is 9.75. The quantitative estimate of drug-likeness (QED) is 0.308. The van der Waals surface area contributed by atoms with E-state index >= 15 is 0 Å². The van der Waals surface area contributed by atoms with Crippen molar-refractivity contribution in [2.45, 2.75) is 67.2 Å². The van der Waals surface area contributed by atoms with Crippen LogP contribution in [0, 0.1) is 17.2 Å². The fourth-order valence-corrected chi connectivity index (χ4v) is 7.12. The first kappa shape index (κ1) is 27.1. The summed E-state index contributed by atoms with van der Waals surface area (Å²) in [4.78, 5) is 18.0. The van der Waals surface area contributed by atoms with E-state index in [4.69, 9.17) is 16.6 Å². The molecule has 0 radical (unpaired) electrons. The third-order valence-electron chi connectivity index (χ3n) is 8.26. The van der Waals surface area contributed by atoms with Crippen LogP contribution < -0.4 is 10.0 Å². The van der Waals surface area contributed by atoms with Gasteiger partial charge in [0.2, 0.25) is 0 Å². The molecule has 2 N–H and O–H groups in total. The largest absolute Gasteiger partial charge is 0.315 e. The number of nitrogens with one attached hydrogen (secondary N) is 2. The number of piperidine rings is 1. The third-order valence-corrected chi connectivity index (χ3v) is 10.7. The van der Waals surface area contributed by atoms with Crippen molar-refractivity contribution in [1.82, 2.24) is 34.5 Å². The molecule has 2 aliphatic carbocycles. The normalized spacial score (nSPS) is 22.0. The predicted octanol–water partition coefficient (Wildman–Crippen LogP) is 4.42. The Hall–Kier alpha value is -2.07. The lowest BCUT2D eigenvalue weighted by Crippen LogP contribution is -2.42. The number of likely N-dealkylation sites (tertiary alicyclic amines) is 1. The molecule has 206 valence electrons.